The zero-order valence-corrected chi connectivity index (χ0v) is 11.3. The van der Waals surface area contributed by atoms with Crippen molar-refractivity contribution in [2.24, 2.45) is 0 Å². The van der Waals surface area contributed by atoms with Gasteiger partial charge < -0.3 is 9.47 Å². The second kappa shape index (κ2) is 6.02. The Morgan fingerprint density at radius 1 is 0.900 bits per heavy atom. The number of methoxy groups -OCH3 is 1. The highest BCUT2D eigenvalue weighted by atomic mass is 16.5. The number of benzene rings is 2. The summed E-state index contributed by atoms with van der Waals surface area (Å²) >= 11 is 0. The summed E-state index contributed by atoms with van der Waals surface area (Å²) in [5.74, 6) is 0.544. The molecule has 0 aliphatic rings. The first kappa shape index (κ1) is 13.8. The molecule has 20 heavy (non-hydrogen) atoms. The van der Waals surface area contributed by atoms with E-state index < -0.39 is 5.97 Å². The van der Waals surface area contributed by atoms with Crippen LogP contribution in [-0.4, -0.2) is 18.9 Å². The standard InChI is InChI=1S/C16H14O4/c1-11(17)20-14-8-6-12(7-9-14)16(18)13-4-3-5-15(10-13)19-2/h3-10H,1-2H3. The van der Waals surface area contributed by atoms with Gasteiger partial charge in [0.1, 0.15) is 11.5 Å². The predicted molar refractivity (Wildman–Crippen MR) is 74.2 cm³/mol. The minimum Gasteiger partial charge on any atom is -0.497 e. The number of ether oxygens (including phenoxy) is 2. The lowest BCUT2D eigenvalue weighted by atomic mass is 10.0. The molecule has 2 rings (SSSR count). The largest absolute Gasteiger partial charge is 0.497 e. The molecule has 0 aliphatic heterocycles. The molecule has 0 heterocycles. The van der Waals surface area contributed by atoms with Crippen LogP contribution in [0.4, 0.5) is 0 Å². The maximum Gasteiger partial charge on any atom is 0.308 e. The fourth-order valence-corrected chi connectivity index (χ4v) is 1.77. The minimum atomic E-state index is -0.392. The lowest BCUT2D eigenvalue weighted by molar-refractivity contribution is -0.131. The van der Waals surface area contributed by atoms with E-state index >= 15 is 0 Å². The molecule has 0 atom stereocenters. The van der Waals surface area contributed by atoms with Crippen molar-refractivity contribution in [3.8, 4) is 11.5 Å². The van der Waals surface area contributed by atoms with Crippen molar-refractivity contribution in [3.05, 3.63) is 59.7 Å². The molecule has 0 fully saturated rings. The van der Waals surface area contributed by atoms with Gasteiger partial charge in [-0.2, -0.15) is 0 Å². The van der Waals surface area contributed by atoms with E-state index in [4.69, 9.17) is 9.47 Å². The van der Waals surface area contributed by atoms with Gasteiger partial charge in [-0.05, 0) is 36.4 Å². The molecule has 0 aromatic heterocycles. The van der Waals surface area contributed by atoms with Gasteiger partial charge in [-0.25, -0.2) is 0 Å². The third-order valence-electron chi connectivity index (χ3n) is 2.71. The molecule has 0 radical (unpaired) electrons. The topological polar surface area (TPSA) is 52.6 Å². The van der Waals surface area contributed by atoms with Gasteiger partial charge in [0.25, 0.3) is 0 Å². The van der Waals surface area contributed by atoms with Gasteiger partial charge in [-0.1, -0.05) is 12.1 Å². The van der Waals surface area contributed by atoms with E-state index in [0.717, 1.165) is 0 Å². The minimum absolute atomic E-state index is 0.113. The first-order valence-corrected chi connectivity index (χ1v) is 6.07. The number of ketones is 1. The normalized spacial score (nSPS) is 9.90. The number of hydrogen-bond acceptors (Lipinski definition) is 4. The van der Waals surface area contributed by atoms with Crippen molar-refractivity contribution in [3.63, 3.8) is 0 Å². The van der Waals surface area contributed by atoms with Gasteiger partial charge >= 0.3 is 5.97 Å². The Morgan fingerprint density at radius 2 is 1.60 bits per heavy atom. The van der Waals surface area contributed by atoms with Gasteiger partial charge in [-0.15, -0.1) is 0 Å². The molecule has 0 spiro atoms. The quantitative estimate of drug-likeness (QED) is 0.487. The van der Waals surface area contributed by atoms with Crippen LogP contribution in [0.2, 0.25) is 0 Å². The summed E-state index contributed by atoms with van der Waals surface area (Å²) in [7, 11) is 1.55. The van der Waals surface area contributed by atoms with Crippen molar-refractivity contribution in [1.82, 2.24) is 0 Å². The molecular formula is C16H14O4. The molecule has 4 nitrogen and oxygen atoms in total. The van der Waals surface area contributed by atoms with E-state index in [1.807, 2.05) is 0 Å². The van der Waals surface area contributed by atoms with Gasteiger partial charge in [0.15, 0.2) is 5.78 Å². The summed E-state index contributed by atoms with van der Waals surface area (Å²) in [6.45, 7) is 1.33. The Kier molecular flexibility index (Phi) is 4.15. The smallest absolute Gasteiger partial charge is 0.308 e. The van der Waals surface area contributed by atoms with Crippen molar-refractivity contribution in [2.75, 3.05) is 7.11 Å². The molecule has 0 saturated heterocycles. The van der Waals surface area contributed by atoms with Crippen LogP contribution in [0.3, 0.4) is 0 Å². The average Bonchev–Trinajstić information content (AvgIpc) is 2.47. The highest BCUT2D eigenvalue weighted by molar-refractivity contribution is 6.09. The van der Waals surface area contributed by atoms with Crippen molar-refractivity contribution < 1.29 is 19.1 Å². The molecule has 2 aromatic carbocycles. The molecule has 0 saturated carbocycles. The summed E-state index contributed by atoms with van der Waals surface area (Å²) < 4.78 is 10.0. The van der Waals surface area contributed by atoms with Crippen LogP contribution in [0.15, 0.2) is 48.5 Å². The molecule has 0 bridgehead atoms. The monoisotopic (exact) mass is 270 g/mol. The van der Waals surface area contributed by atoms with Gasteiger partial charge in [0.05, 0.1) is 7.11 Å². The average molecular weight is 270 g/mol. The van der Waals surface area contributed by atoms with Crippen molar-refractivity contribution in [1.29, 1.82) is 0 Å². The fourth-order valence-electron chi connectivity index (χ4n) is 1.77. The van der Waals surface area contributed by atoms with E-state index in [-0.39, 0.29) is 5.78 Å². The Hall–Kier alpha value is -2.62. The second-order valence-electron chi connectivity index (χ2n) is 4.18. The second-order valence-corrected chi connectivity index (χ2v) is 4.18. The van der Waals surface area contributed by atoms with E-state index in [0.29, 0.717) is 22.6 Å². The zero-order valence-electron chi connectivity index (χ0n) is 11.3. The SMILES string of the molecule is COc1cccc(C(=O)c2ccc(OC(C)=O)cc2)c1. The summed E-state index contributed by atoms with van der Waals surface area (Å²) in [5.41, 5.74) is 1.07. The van der Waals surface area contributed by atoms with Crippen LogP contribution in [0, 0.1) is 0 Å². The summed E-state index contributed by atoms with van der Waals surface area (Å²) in [6, 6.07) is 13.4. The number of carbonyl (C=O) groups excluding carboxylic acids is 2. The lowest BCUT2D eigenvalue weighted by Gasteiger charge is -2.05. The van der Waals surface area contributed by atoms with Crippen LogP contribution >= 0.6 is 0 Å². The first-order valence-electron chi connectivity index (χ1n) is 6.07. The van der Waals surface area contributed by atoms with E-state index in [1.165, 1.54) is 6.92 Å². The van der Waals surface area contributed by atoms with Gasteiger partial charge in [0, 0.05) is 18.1 Å². The summed E-state index contributed by atoms with van der Waals surface area (Å²) in [4.78, 5) is 23.1. The predicted octanol–water partition coefficient (Wildman–Crippen LogP) is 2.85. The maximum atomic E-state index is 12.3. The number of carbonyl (C=O) groups is 2. The van der Waals surface area contributed by atoms with Crippen LogP contribution in [0.25, 0.3) is 0 Å². The Labute approximate surface area is 116 Å². The number of esters is 1. The molecular weight excluding hydrogens is 256 g/mol. The fraction of sp³-hybridized carbons (Fsp3) is 0.125. The third-order valence-corrected chi connectivity index (χ3v) is 2.71. The van der Waals surface area contributed by atoms with E-state index in [1.54, 1.807) is 55.6 Å². The van der Waals surface area contributed by atoms with Crippen LogP contribution in [-0.2, 0) is 4.79 Å². The highest BCUT2D eigenvalue weighted by Gasteiger charge is 2.10. The molecule has 4 heteroatoms. The summed E-state index contributed by atoms with van der Waals surface area (Å²) in [5, 5.41) is 0. The highest BCUT2D eigenvalue weighted by Crippen LogP contribution is 2.18. The molecule has 0 unspecified atom stereocenters. The first-order chi connectivity index (χ1) is 9.60. The van der Waals surface area contributed by atoms with Gasteiger partial charge in [-0.3, -0.25) is 9.59 Å². The Bertz CT molecular complexity index is 629. The maximum absolute atomic E-state index is 12.3. The Balaban J connectivity index is 2.22. The number of hydrogen-bond donors (Lipinski definition) is 0. The van der Waals surface area contributed by atoms with E-state index in [9.17, 15) is 9.59 Å². The lowest BCUT2D eigenvalue weighted by Crippen LogP contribution is -2.03. The molecule has 0 amide bonds. The molecule has 102 valence electrons. The van der Waals surface area contributed by atoms with Crippen molar-refractivity contribution in [2.45, 2.75) is 6.92 Å². The van der Waals surface area contributed by atoms with Crippen LogP contribution in [0.5, 0.6) is 11.5 Å². The summed E-state index contributed by atoms with van der Waals surface area (Å²) in [6.07, 6.45) is 0. The van der Waals surface area contributed by atoms with E-state index in [2.05, 4.69) is 0 Å². The van der Waals surface area contributed by atoms with Gasteiger partial charge in [0.2, 0.25) is 0 Å². The Morgan fingerprint density at radius 3 is 2.20 bits per heavy atom. The molecule has 2 aromatic rings. The number of rotatable bonds is 4. The zero-order chi connectivity index (χ0) is 14.5. The van der Waals surface area contributed by atoms with Crippen LogP contribution in [0.1, 0.15) is 22.8 Å². The molecule has 0 aliphatic carbocycles. The molecule has 0 N–H and O–H groups in total. The van der Waals surface area contributed by atoms with Crippen LogP contribution < -0.4 is 9.47 Å². The van der Waals surface area contributed by atoms with Crippen molar-refractivity contribution >= 4 is 11.8 Å². The third kappa shape index (κ3) is 3.23.